The Bertz CT molecular complexity index is 186. The van der Waals surface area contributed by atoms with Crippen molar-refractivity contribution < 1.29 is 0 Å². The van der Waals surface area contributed by atoms with Crippen LogP contribution in [-0.4, -0.2) is 21.5 Å². The fraction of sp³-hybridized carbons (Fsp3) is 0.400. The molecule has 0 saturated carbocycles. The van der Waals surface area contributed by atoms with Crippen LogP contribution in [0.1, 0.15) is 6.92 Å². The Morgan fingerprint density at radius 3 is 2.60 bits per heavy atom. The van der Waals surface area contributed by atoms with E-state index in [4.69, 9.17) is 5.84 Å². The van der Waals surface area contributed by atoms with Crippen LogP contribution in [0.15, 0.2) is 12.7 Å². The monoisotopic (exact) mass is 139 g/mol. The molecular formula is C5H9N5. The summed E-state index contributed by atoms with van der Waals surface area (Å²) in [7, 11) is 0. The third-order valence-corrected chi connectivity index (χ3v) is 1.08. The Balaban J connectivity index is 2.75. The van der Waals surface area contributed by atoms with Gasteiger partial charge in [0.2, 0.25) is 5.95 Å². The Kier molecular flexibility index (Phi) is 2.11. The van der Waals surface area contributed by atoms with E-state index in [1.54, 1.807) is 0 Å². The van der Waals surface area contributed by atoms with Gasteiger partial charge in [-0.15, -0.1) is 0 Å². The zero-order valence-corrected chi connectivity index (χ0v) is 5.73. The van der Waals surface area contributed by atoms with Crippen molar-refractivity contribution >= 4 is 5.95 Å². The maximum Gasteiger partial charge on any atom is 0.242 e. The minimum Gasteiger partial charge on any atom is -0.279 e. The summed E-state index contributed by atoms with van der Waals surface area (Å²) < 4.78 is 0. The lowest BCUT2D eigenvalue weighted by Crippen LogP contribution is -2.31. The highest BCUT2D eigenvalue weighted by atomic mass is 15.5. The Morgan fingerprint density at radius 1 is 1.50 bits per heavy atom. The molecule has 0 bridgehead atoms. The van der Waals surface area contributed by atoms with Gasteiger partial charge in [0.25, 0.3) is 0 Å². The summed E-state index contributed by atoms with van der Waals surface area (Å²) in [4.78, 5) is 11.3. The van der Waals surface area contributed by atoms with Gasteiger partial charge in [0.15, 0.2) is 0 Å². The summed E-state index contributed by atoms with van der Waals surface area (Å²) in [6.45, 7) is 2.60. The molecule has 0 fully saturated rings. The minimum atomic E-state index is 0.498. The largest absolute Gasteiger partial charge is 0.279 e. The molecule has 0 aliphatic heterocycles. The maximum atomic E-state index is 5.47. The zero-order chi connectivity index (χ0) is 7.40. The number of nitrogens with zero attached hydrogens (tertiary/aromatic N) is 4. The number of hydrogen-bond acceptors (Lipinski definition) is 5. The number of rotatable bonds is 2. The van der Waals surface area contributed by atoms with Gasteiger partial charge in [0.05, 0.1) is 0 Å². The number of hydrogen-bond donors (Lipinski definition) is 1. The van der Waals surface area contributed by atoms with E-state index in [0.717, 1.165) is 0 Å². The summed E-state index contributed by atoms with van der Waals surface area (Å²) in [5, 5.41) is 1.45. The number of hydrazine groups is 1. The molecule has 1 aromatic heterocycles. The van der Waals surface area contributed by atoms with Gasteiger partial charge in [-0.3, -0.25) is 5.01 Å². The molecule has 0 aromatic carbocycles. The van der Waals surface area contributed by atoms with Crippen molar-refractivity contribution in [3.63, 3.8) is 0 Å². The molecule has 2 N–H and O–H groups in total. The van der Waals surface area contributed by atoms with E-state index in [2.05, 4.69) is 15.0 Å². The van der Waals surface area contributed by atoms with Gasteiger partial charge >= 0.3 is 0 Å². The standard InChI is InChI=1S/C5H9N5/c1-2-10(6)5-8-3-7-4-9-5/h3-4H,2,6H2,1H3. The molecular weight excluding hydrogens is 130 g/mol. The summed E-state index contributed by atoms with van der Waals surface area (Å²) in [5.41, 5.74) is 0. The molecule has 10 heavy (non-hydrogen) atoms. The Morgan fingerprint density at radius 2 is 2.10 bits per heavy atom. The highest BCUT2D eigenvalue weighted by Gasteiger charge is 1.97. The van der Waals surface area contributed by atoms with Crippen LogP contribution >= 0.6 is 0 Å². The SMILES string of the molecule is CCN(N)c1ncncn1. The van der Waals surface area contributed by atoms with Crippen LogP contribution in [0.3, 0.4) is 0 Å². The van der Waals surface area contributed by atoms with Crippen molar-refractivity contribution in [3.8, 4) is 0 Å². The second-order valence-electron chi connectivity index (χ2n) is 1.72. The van der Waals surface area contributed by atoms with Crippen molar-refractivity contribution in [1.29, 1.82) is 0 Å². The first-order valence-corrected chi connectivity index (χ1v) is 2.99. The normalized spacial score (nSPS) is 9.40. The predicted octanol–water partition coefficient (Wildman–Crippen LogP) is -0.428. The predicted molar refractivity (Wildman–Crippen MR) is 37.0 cm³/mol. The van der Waals surface area contributed by atoms with E-state index in [0.29, 0.717) is 12.5 Å². The van der Waals surface area contributed by atoms with Crippen LogP contribution < -0.4 is 10.9 Å². The van der Waals surface area contributed by atoms with Crippen molar-refractivity contribution in [3.05, 3.63) is 12.7 Å². The average Bonchev–Trinajstić information content (AvgIpc) is 2.05. The molecule has 54 valence electrons. The molecule has 0 amide bonds. The second kappa shape index (κ2) is 3.07. The second-order valence-corrected chi connectivity index (χ2v) is 1.72. The molecule has 5 heteroatoms. The molecule has 1 aromatic rings. The average molecular weight is 139 g/mol. The van der Waals surface area contributed by atoms with Gasteiger partial charge < -0.3 is 0 Å². The lowest BCUT2D eigenvalue weighted by Gasteiger charge is -2.11. The maximum absolute atomic E-state index is 5.47. The van der Waals surface area contributed by atoms with E-state index in [9.17, 15) is 0 Å². The fourth-order valence-corrected chi connectivity index (χ4v) is 0.523. The van der Waals surface area contributed by atoms with Crippen molar-refractivity contribution in [1.82, 2.24) is 15.0 Å². The van der Waals surface area contributed by atoms with E-state index >= 15 is 0 Å². The molecule has 0 spiro atoms. The quantitative estimate of drug-likeness (QED) is 0.445. The van der Waals surface area contributed by atoms with Gasteiger partial charge in [-0.25, -0.2) is 20.8 Å². The molecule has 0 atom stereocenters. The number of anilines is 1. The van der Waals surface area contributed by atoms with Gasteiger partial charge in [-0.2, -0.15) is 0 Å². The molecule has 0 aliphatic carbocycles. The highest BCUT2D eigenvalue weighted by molar-refractivity contribution is 5.22. The topological polar surface area (TPSA) is 67.9 Å². The Hall–Kier alpha value is -1.23. The van der Waals surface area contributed by atoms with Crippen LogP contribution in [0.4, 0.5) is 5.95 Å². The minimum absolute atomic E-state index is 0.498. The van der Waals surface area contributed by atoms with Gasteiger partial charge in [-0.05, 0) is 6.92 Å². The van der Waals surface area contributed by atoms with Gasteiger partial charge in [0, 0.05) is 6.54 Å². The van der Waals surface area contributed by atoms with Crippen molar-refractivity contribution in [2.75, 3.05) is 11.6 Å². The van der Waals surface area contributed by atoms with Crippen LogP contribution in [0.5, 0.6) is 0 Å². The smallest absolute Gasteiger partial charge is 0.242 e. The third-order valence-electron chi connectivity index (χ3n) is 1.08. The number of nitrogens with two attached hydrogens (primary N) is 1. The van der Waals surface area contributed by atoms with E-state index < -0.39 is 0 Å². The zero-order valence-electron chi connectivity index (χ0n) is 5.73. The summed E-state index contributed by atoms with van der Waals surface area (Å²) >= 11 is 0. The molecule has 5 nitrogen and oxygen atoms in total. The van der Waals surface area contributed by atoms with E-state index in [1.165, 1.54) is 17.7 Å². The van der Waals surface area contributed by atoms with E-state index in [-0.39, 0.29) is 0 Å². The molecule has 1 rings (SSSR count). The van der Waals surface area contributed by atoms with Crippen LogP contribution in [0.25, 0.3) is 0 Å². The third kappa shape index (κ3) is 1.38. The summed E-state index contributed by atoms with van der Waals surface area (Å²) in [6.07, 6.45) is 2.83. The highest BCUT2D eigenvalue weighted by Crippen LogP contribution is 1.95. The first kappa shape index (κ1) is 6.88. The fourth-order valence-electron chi connectivity index (χ4n) is 0.523. The van der Waals surface area contributed by atoms with Gasteiger partial charge in [-0.1, -0.05) is 0 Å². The first-order chi connectivity index (χ1) is 4.84. The summed E-state index contributed by atoms with van der Waals surface area (Å²) in [5.74, 6) is 5.97. The molecule has 0 saturated heterocycles. The van der Waals surface area contributed by atoms with Crippen molar-refractivity contribution in [2.24, 2.45) is 5.84 Å². The Labute approximate surface area is 58.9 Å². The lowest BCUT2D eigenvalue weighted by atomic mass is 10.7. The van der Waals surface area contributed by atoms with Crippen molar-refractivity contribution in [2.45, 2.75) is 6.92 Å². The van der Waals surface area contributed by atoms with Crippen LogP contribution in [0, 0.1) is 0 Å². The molecule has 0 radical (unpaired) electrons. The lowest BCUT2D eigenvalue weighted by molar-refractivity contribution is 0.827. The van der Waals surface area contributed by atoms with Crippen LogP contribution in [-0.2, 0) is 0 Å². The summed E-state index contributed by atoms with van der Waals surface area (Å²) in [6, 6.07) is 0. The van der Waals surface area contributed by atoms with Gasteiger partial charge in [0.1, 0.15) is 12.7 Å². The number of aromatic nitrogens is 3. The van der Waals surface area contributed by atoms with E-state index in [1.807, 2.05) is 6.92 Å². The molecule has 0 unspecified atom stereocenters. The van der Waals surface area contributed by atoms with Crippen LogP contribution in [0.2, 0.25) is 0 Å². The molecule has 0 aliphatic rings. The first-order valence-electron chi connectivity index (χ1n) is 2.99. The molecule has 1 heterocycles.